The van der Waals surface area contributed by atoms with Crippen LogP contribution in [-0.2, 0) is 43.2 Å². The molecule has 0 bridgehead atoms. The number of hydrogen-bond acceptors (Lipinski definition) is 4. The summed E-state index contributed by atoms with van der Waals surface area (Å²) in [5, 5.41) is 12.3. The Hall–Kier alpha value is -2.19. The summed E-state index contributed by atoms with van der Waals surface area (Å²) in [7, 11) is -1.75. The predicted molar refractivity (Wildman–Crippen MR) is 103 cm³/mol. The number of aliphatic hydroxyl groups excluding tert-OH is 1. The van der Waals surface area contributed by atoms with Gasteiger partial charge in [0.1, 0.15) is 5.82 Å². The van der Waals surface area contributed by atoms with Gasteiger partial charge in [0.2, 0.25) is 0 Å². The van der Waals surface area contributed by atoms with Gasteiger partial charge in [-0.1, -0.05) is 6.07 Å². The third-order valence-corrected chi connectivity index (χ3v) is 6.33. The van der Waals surface area contributed by atoms with E-state index in [4.69, 9.17) is 5.11 Å². The molecular weight excluding hydrogens is 364 g/mol. The van der Waals surface area contributed by atoms with Crippen molar-refractivity contribution < 1.29 is 14.1 Å². The zero-order valence-electron chi connectivity index (χ0n) is 15.4. The van der Waals surface area contributed by atoms with Crippen LogP contribution >= 0.6 is 0 Å². The molecule has 1 unspecified atom stereocenters. The fraction of sp³-hybridized carbons (Fsp3) is 0.474. The minimum absolute atomic E-state index is 0.0264. The SMILES string of the molecule is Cc1nc(S(=O)NC(=O)Nc2c3c(cc4c2CCC4)CCC3)cn1CCO. The van der Waals surface area contributed by atoms with Gasteiger partial charge in [-0.25, -0.2) is 14.0 Å². The quantitative estimate of drug-likeness (QED) is 0.730. The Balaban J connectivity index is 1.51. The molecule has 3 N–H and O–H groups in total. The highest BCUT2D eigenvalue weighted by atomic mass is 32.2. The van der Waals surface area contributed by atoms with Gasteiger partial charge in [-0.05, 0) is 67.7 Å². The summed E-state index contributed by atoms with van der Waals surface area (Å²) in [4.78, 5) is 16.7. The van der Waals surface area contributed by atoms with Crippen LogP contribution < -0.4 is 10.0 Å². The van der Waals surface area contributed by atoms with Crippen LogP contribution in [0.4, 0.5) is 10.5 Å². The largest absolute Gasteiger partial charge is 0.395 e. The second-order valence-electron chi connectivity index (χ2n) is 7.10. The maximum atomic E-state index is 12.5. The normalized spacial score (nSPS) is 16.1. The number of carbonyl (C=O) groups is 1. The Morgan fingerprint density at radius 3 is 2.52 bits per heavy atom. The lowest BCUT2D eigenvalue weighted by atomic mass is 9.99. The lowest BCUT2D eigenvalue weighted by Crippen LogP contribution is -2.31. The number of urea groups is 1. The van der Waals surface area contributed by atoms with Crippen LogP contribution in [0, 0.1) is 6.92 Å². The van der Waals surface area contributed by atoms with Crippen molar-refractivity contribution in [3.63, 3.8) is 0 Å². The van der Waals surface area contributed by atoms with Crippen LogP contribution in [-0.4, -0.2) is 31.5 Å². The topological polar surface area (TPSA) is 96.3 Å². The zero-order chi connectivity index (χ0) is 19.0. The van der Waals surface area contributed by atoms with Crippen molar-refractivity contribution in [3.05, 3.63) is 40.3 Å². The van der Waals surface area contributed by atoms with Crippen LogP contribution in [0.2, 0.25) is 0 Å². The van der Waals surface area contributed by atoms with E-state index in [1.54, 1.807) is 17.7 Å². The standard InChI is InChI=1S/C19H24N4O3S/c1-12-20-17(11-23(12)8-9-24)27(26)22-19(25)21-18-15-6-2-4-13(15)10-14-5-3-7-16(14)18/h10-11,24H,2-9H2,1H3,(H2,21,22,25). The molecular formula is C19H24N4O3S. The molecule has 1 atom stereocenters. The Labute approximate surface area is 160 Å². The van der Waals surface area contributed by atoms with E-state index in [1.165, 1.54) is 22.3 Å². The van der Waals surface area contributed by atoms with Crippen molar-refractivity contribution in [1.82, 2.24) is 14.3 Å². The second kappa shape index (κ2) is 7.44. The molecule has 1 aromatic heterocycles. The van der Waals surface area contributed by atoms with Gasteiger partial charge in [-0.3, -0.25) is 4.72 Å². The monoisotopic (exact) mass is 388 g/mol. The highest BCUT2D eigenvalue weighted by Gasteiger charge is 2.25. The van der Waals surface area contributed by atoms with Gasteiger partial charge in [0.25, 0.3) is 0 Å². The number of nitrogens with zero attached hydrogens (tertiary/aromatic N) is 2. The first kappa shape index (κ1) is 18.2. The van der Waals surface area contributed by atoms with Gasteiger partial charge in [0, 0.05) is 18.4 Å². The van der Waals surface area contributed by atoms with Crippen molar-refractivity contribution in [3.8, 4) is 0 Å². The first-order valence-corrected chi connectivity index (χ1v) is 10.5. The fourth-order valence-corrected chi connectivity index (χ4v) is 4.91. The van der Waals surface area contributed by atoms with E-state index >= 15 is 0 Å². The summed E-state index contributed by atoms with van der Waals surface area (Å²) >= 11 is 0. The molecule has 0 fully saturated rings. The highest BCUT2D eigenvalue weighted by Crippen LogP contribution is 2.38. The van der Waals surface area contributed by atoms with Crippen molar-refractivity contribution in [2.24, 2.45) is 0 Å². The van der Waals surface area contributed by atoms with Crippen LogP contribution in [0.1, 0.15) is 40.9 Å². The average Bonchev–Trinajstić information content (AvgIpc) is 3.35. The number of nitrogens with one attached hydrogen (secondary N) is 2. The third-order valence-electron chi connectivity index (χ3n) is 5.38. The van der Waals surface area contributed by atoms with Gasteiger partial charge < -0.3 is 15.0 Å². The molecule has 0 saturated heterocycles. The third kappa shape index (κ3) is 3.51. The van der Waals surface area contributed by atoms with E-state index in [0.717, 1.165) is 44.2 Å². The number of fused-ring (bicyclic) bond motifs is 2. The molecule has 144 valence electrons. The number of imidazole rings is 1. The molecule has 0 saturated carbocycles. The van der Waals surface area contributed by atoms with E-state index in [1.807, 2.05) is 0 Å². The predicted octanol–water partition coefficient (Wildman–Crippen LogP) is 2.01. The highest BCUT2D eigenvalue weighted by molar-refractivity contribution is 7.83. The van der Waals surface area contributed by atoms with Crippen LogP contribution in [0.3, 0.4) is 0 Å². The Morgan fingerprint density at radius 1 is 1.22 bits per heavy atom. The maximum absolute atomic E-state index is 12.5. The van der Waals surface area contributed by atoms with E-state index in [2.05, 4.69) is 21.1 Å². The molecule has 1 heterocycles. The number of aromatic nitrogens is 2. The second-order valence-corrected chi connectivity index (χ2v) is 8.26. The Kier molecular flexibility index (Phi) is 5.01. The number of hydrogen-bond donors (Lipinski definition) is 3. The lowest BCUT2D eigenvalue weighted by molar-refractivity contribution is 0.257. The molecule has 8 heteroatoms. The number of anilines is 1. The number of aryl methyl sites for hydroxylation is 3. The van der Waals surface area contributed by atoms with Gasteiger partial charge in [-0.2, -0.15) is 0 Å². The Morgan fingerprint density at radius 2 is 1.89 bits per heavy atom. The summed E-state index contributed by atoms with van der Waals surface area (Å²) in [5.41, 5.74) is 6.07. The van der Waals surface area contributed by atoms with Crippen LogP contribution in [0.25, 0.3) is 0 Å². The van der Waals surface area contributed by atoms with Crippen molar-refractivity contribution in [2.45, 2.75) is 57.0 Å². The zero-order valence-corrected chi connectivity index (χ0v) is 16.2. The maximum Gasteiger partial charge on any atom is 0.331 e. The summed E-state index contributed by atoms with van der Waals surface area (Å²) < 4.78 is 16.7. The summed E-state index contributed by atoms with van der Waals surface area (Å²) in [5.74, 6) is 0.647. The molecule has 0 spiro atoms. The summed E-state index contributed by atoms with van der Waals surface area (Å²) in [6, 6.07) is 1.83. The van der Waals surface area contributed by atoms with E-state index < -0.39 is 17.0 Å². The molecule has 4 rings (SSSR count). The summed E-state index contributed by atoms with van der Waals surface area (Å²) in [6.45, 7) is 2.12. The number of rotatable bonds is 5. The van der Waals surface area contributed by atoms with Gasteiger partial charge in [-0.15, -0.1) is 0 Å². The first-order valence-electron chi connectivity index (χ1n) is 9.37. The van der Waals surface area contributed by atoms with Gasteiger partial charge in [0.05, 0.1) is 6.61 Å². The molecule has 2 amide bonds. The molecule has 0 radical (unpaired) electrons. The Bertz CT molecular complexity index is 890. The smallest absolute Gasteiger partial charge is 0.331 e. The minimum atomic E-state index is -1.75. The number of carbonyl (C=O) groups excluding carboxylic acids is 1. The fourth-order valence-electron chi connectivity index (χ4n) is 4.15. The van der Waals surface area contributed by atoms with Crippen molar-refractivity contribution in [1.29, 1.82) is 0 Å². The lowest BCUT2D eigenvalue weighted by Gasteiger charge is -2.16. The van der Waals surface area contributed by atoms with Crippen LogP contribution in [0.5, 0.6) is 0 Å². The average molecular weight is 388 g/mol. The van der Waals surface area contributed by atoms with Crippen molar-refractivity contribution >= 4 is 22.7 Å². The number of amides is 2. The molecule has 2 aromatic rings. The van der Waals surface area contributed by atoms with E-state index in [-0.39, 0.29) is 11.6 Å². The number of aliphatic hydroxyl groups is 1. The molecule has 2 aliphatic rings. The molecule has 7 nitrogen and oxygen atoms in total. The van der Waals surface area contributed by atoms with Crippen LogP contribution in [0.15, 0.2) is 17.3 Å². The molecule has 1 aromatic carbocycles. The molecule has 2 aliphatic carbocycles. The summed E-state index contributed by atoms with van der Waals surface area (Å²) in [6.07, 6.45) is 7.90. The van der Waals surface area contributed by atoms with Gasteiger partial charge in [0.15, 0.2) is 16.0 Å². The molecule has 27 heavy (non-hydrogen) atoms. The minimum Gasteiger partial charge on any atom is -0.395 e. The van der Waals surface area contributed by atoms with E-state index in [0.29, 0.717) is 12.4 Å². The van der Waals surface area contributed by atoms with Gasteiger partial charge >= 0.3 is 6.03 Å². The molecule has 0 aliphatic heterocycles. The van der Waals surface area contributed by atoms with E-state index in [9.17, 15) is 9.00 Å². The first-order chi connectivity index (χ1) is 13.1. The number of benzene rings is 1. The van der Waals surface area contributed by atoms with Crippen molar-refractivity contribution in [2.75, 3.05) is 11.9 Å².